The van der Waals surface area contributed by atoms with Crippen LogP contribution < -0.4 is 0 Å². The average molecular weight is 361 g/mol. The molecule has 0 aliphatic carbocycles. The predicted molar refractivity (Wildman–Crippen MR) is 97.1 cm³/mol. The van der Waals surface area contributed by atoms with Gasteiger partial charge in [0.2, 0.25) is 0 Å². The molecule has 0 fully saturated rings. The number of pyridine rings is 1. The summed E-state index contributed by atoms with van der Waals surface area (Å²) in [6.45, 7) is 10.2. The van der Waals surface area contributed by atoms with E-state index in [1.54, 1.807) is 6.92 Å². The summed E-state index contributed by atoms with van der Waals surface area (Å²) >= 11 is 0. The van der Waals surface area contributed by atoms with E-state index in [0.717, 1.165) is 11.6 Å². The number of aryl methyl sites for hydroxylation is 2. The largest absolute Gasteiger partial charge is 0.417 e. The number of halogens is 3. The Morgan fingerprint density at radius 3 is 2.15 bits per heavy atom. The van der Waals surface area contributed by atoms with E-state index in [-0.39, 0.29) is 16.4 Å². The van der Waals surface area contributed by atoms with Gasteiger partial charge < -0.3 is 0 Å². The summed E-state index contributed by atoms with van der Waals surface area (Å²) < 4.78 is 42.5. The molecule has 0 aliphatic rings. The molecule has 26 heavy (non-hydrogen) atoms. The Hall–Kier alpha value is -2.37. The minimum absolute atomic E-state index is 0.0228. The van der Waals surface area contributed by atoms with E-state index in [0.29, 0.717) is 23.5 Å². The van der Waals surface area contributed by atoms with Gasteiger partial charge in [-0.25, -0.2) is 9.67 Å². The van der Waals surface area contributed by atoms with Gasteiger partial charge in [-0.05, 0) is 30.9 Å². The van der Waals surface area contributed by atoms with E-state index in [1.165, 1.54) is 4.68 Å². The van der Waals surface area contributed by atoms with Crippen molar-refractivity contribution in [1.82, 2.24) is 14.8 Å². The second-order valence-electron chi connectivity index (χ2n) is 7.48. The van der Waals surface area contributed by atoms with Gasteiger partial charge in [0.05, 0.1) is 22.3 Å². The van der Waals surface area contributed by atoms with Gasteiger partial charge in [-0.2, -0.15) is 18.3 Å². The van der Waals surface area contributed by atoms with E-state index < -0.39 is 11.7 Å². The van der Waals surface area contributed by atoms with Crippen LogP contribution in [0.1, 0.15) is 44.5 Å². The molecule has 0 N–H and O–H groups in total. The molecular weight excluding hydrogens is 339 g/mol. The number of rotatable bonds is 2. The second-order valence-corrected chi connectivity index (χ2v) is 7.48. The maximum Gasteiger partial charge on any atom is 0.417 e. The standard InChI is InChI=1S/C20H22F3N3/c1-6-26-18-17(12(2)25-26)15(20(21,22)23)11-16(24-18)13-7-9-14(10-8-13)19(3,4)5/h7-11H,6H2,1-5H3. The van der Waals surface area contributed by atoms with Crippen LogP contribution in [0.5, 0.6) is 0 Å². The van der Waals surface area contributed by atoms with Crippen LogP contribution in [0, 0.1) is 6.92 Å². The van der Waals surface area contributed by atoms with Crippen LogP contribution in [0.25, 0.3) is 22.3 Å². The summed E-state index contributed by atoms with van der Waals surface area (Å²) in [5, 5.41) is 4.30. The third-order valence-electron chi connectivity index (χ3n) is 4.53. The van der Waals surface area contributed by atoms with Gasteiger partial charge in [-0.1, -0.05) is 45.0 Å². The summed E-state index contributed by atoms with van der Waals surface area (Å²) in [5.41, 5.74) is 1.99. The molecule has 3 rings (SSSR count). The zero-order valence-corrected chi connectivity index (χ0v) is 15.6. The fourth-order valence-corrected chi connectivity index (χ4v) is 3.09. The molecule has 2 aromatic heterocycles. The Balaban J connectivity index is 2.24. The van der Waals surface area contributed by atoms with Crippen molar-refractivity contribution in [2.75, 3.05) is 0 Å². The van der Waals surface area contributed by atoms with E-state index in [4.69, 9.17) is 0 Å². The van der Waals surface area contributed by atoms with Crippen LogP contribution in [0.4, 0.5) is 13.2 Å². The van der Waals surface area contributed by atoms with Gasteiger partial charge in [-0.15, -0.1) is 0 Å². The summed E-state index contributed by atoms with van der Waals surface area (Å²) in [7, 11) is 0. The van der Waals surface area contributed by atoms with Crippen LogP contribution in [-0.2, 0) is 18.1 Å². The first kappa shape index (κ1) is 18.4. The van der Waals surface area contributed by atoms with Crippen molar-refractivity contribution in [2.24, 2.45) is 0 Å². The van der Waals surface area contributed by atoms with Crippen molar-refractivity contribution in [3.05, 3.63) is 47.2 Å². The minimum Gasteiger partial charge on any atom is -0.247 e. The summed E-state index contributed by atoms with van der Waals surface area (Å²) in [4.78, 5) is 4.50. The summed E-state index contributed by atoms with van der Waals surface area (Å²) in [6, 6.07) is 8.67. The molecule has 0 saturated heterocycles. The van der Waals surface area contributed by atoms with Crippen molar-refractivity contribution in [1.29, 1.82) is 0 Å². The first-order valence-corrected chi connectivity index (χ1v) is 8.58. The Kier molecular flexibility index (Phi) is 4.33. The van der Waals surface area contributed by atoms with Gasteiger partial charge in [0.15, 0.2) is 5.65 Å². The number of hydrogen-bond acceptors (Lipinski definition) is 2. The maximum absolute atomic E-state index is 13.7. The first-order chi connectivity index (χ1) is 12.0. The highest BCUT2D eigenvalue weighted by atomic mass is 19.4. The number of benzene rings is 1. The molecule has 3 aromatic rings. The van der Waals surface area contributed by atoms with Gasteiger partial charge in [0.25, 0.3) is 0 Å². The molecule has 0 spiro atoms. The van der Waals surface area contributed by atoms with Crippen LogP contribution >= 0.6 is 0 Å². The van der Waals surface area contributed by atoms with Gasteiger partial charge >= 0.3 is 6.18 Å². The number of aromatic nitrogens is 3. The predicted octanol–water partition coefficient (Wildman–Crippen LogP) is 5.74. The fraction of sp³-hybridized carbons (Fsp3) is 0.400. The van der Waals surface area contributed by atoms with Crippen molar-refractivity contribution in [3.8, 4) is 11.3 Å². The second kappa shape index (κ2) is 6.11. The molecule has 0 amide bonds. The lowest BCUT2D eigenvalue weighted by Crippen LogP contribution is -2.10. The molecule has 0 unspecified atom stereocenters. The molecule has 0 bridgehead atoms. The number of nitrogens with zero attached hydrogens (tertiary/aromatic N) is 3. The van der Waals surface area contributed by atoms with Crippen molar-refractivity contribution in [3.63, 3.8) is 0 Å². The zero-order chi connectivity index (χ0) is 19.3. The summed E-state index contributed by atoms with van der Waals surface area (Å²) in [5.74, 6) is 0. The Morgan fingerprint density at radius 1 is 1.04 bits per heavy atom. The van der Waals surface area contributed by atoms with Gasteiger partial charge in [-0.3, -0.25) is 0 Å². The van der Waals surface area contributed by atoms with Crippen molar-refractivity contribution < 1.29 is 13.2 Å². The van der Waals surface area contributed by atoms with Gasteiger partial charge in [0.1, 0.15) is 0 Å². The topological polar surface area (TPSA) is 30.7 Å². The zero-order valence-electron chi connectivity index (χ0n) is 15.6. The quantitative estimate of drug-likeness (QED) is 0.582. The molecule has 3 nitrogen and oxygen atoms in total. The molecule has 2 heterocycles. The van der Waals surface area contributed by atoms with Crippen LogP contribution in [0.15, 0.2) is 30.3 Å². The Bertz CT molecular complexity index is 946. The van der Waals surface area contributed by atoms with E-state index in [2.05, 4.69) is 30.9 Å². The van der Waals surface area contributed by atoms with Gasteiger partial charge in [0, 0.05) is 12.1 Å². The normalized spacial score (nSPS) is 12.8. The van der Waals surface area contributed by atoms with Crippen LogP contribution in [-0.4, -0.2) is 14.8 Å². The van der Waals surface area contributed by atoms with E-state index >= 15 is 0 Å². The minimum atomic E-state index is -4.46. The molecule has 0 atom stereocenters. The van der Waals surface area contributed by atoms with E-state index in [1.807, 2.05) is 31.2 Å². The third-order valence-corrected chi connectivity index (χ3v) is 4.53. The molecule has 0 aliphatic heterocycles. The van der Waals surface area contributed by atoms with Crippen molar-refractivity contribution in [2.45, 2.75) is 52.8 Å². The molecule has 0 radical (unpaired) electrons. The SMILES string of the molecule is CCn1nc(C)c2c(C(F)(F)F)cc(-c3ccc(C(C)(C)C)cc3)nc21. The molecule has 138 valence electrons. The number of alkyl halides is 3. The Labute approximate surface area is 150 Å². The Morgan fingerprint density at radius 2 is 1.65 bits per heavy atom. The molecule has 1 aromatic carbocycles. The van der Waals surface area contributed by atoms with Crippen LogP contribution in [0.3, 0.4) is 0 Å². The number of hydrogen-bond donors (Lipinski definition) is 0. The van der Waals surface area contributed by atoms with Crippen molar-refractivity contribution >= 4 is 11.0 Å². The molecule has 0 saturated carbocycles. The highest BCUT2D eigenvalue weighted by molar-refractivity contribution is 5.85. The fourth-order valence-electron chi connectivity index (χ4n) is 3.09. The smallest absolute Gasteiger partial charge is 0.247 e. The molecule has 6 heteroatoms. The third kappa shape index (κ3) is 3.20. The monoisotopic (exact) mass is 361 g/mol. The van der Waals surface area contributed by atoms with E-state index in [9.17, 15) is 13.2 Å². The highest BCUT2D eigenvalue weighted by Crippen LogP contribution is 2.38. The molecular formula is C20H22F3N3. The number of fused-ring (bicyclic) bond motifs is 1. The van der Waals surface area contributed by atoms with Crippen LogP contribution in [0.2, 0.25) is 0 Å². The lowest BCUT2D eigenvalue weighted by Gasteiger charge is -2.19. The lowest BCUT2D eigenvalue weighted by atomic mass is 9.86. The average Bonchev–Trinajstić information content (AvgIpc) is 2.88. The lowest BCUT2D eigenvalue weighted by molar-refractivity contribution is -0.136. The maximum atomic E-state index is 13.7. The summed E-state index contributed by atoms with van der Waals surface area (Å²) in [6.07, 6.45) is -4.46. The highest BCUT2D eigenvalue weighted by Gasteiger charge is 2.35. The first-order valence-electron chi connectivity index (χ1n) is 8.58.